The number of furan rings is 1. The first kappa shape index (κ1) is 17.7. The Labute approximate surface area is 158 Å². The summed E-state index contributed by atoms with van der Waals surface area (Å²) in [6.07, 6.45) is -0.370. The van der Waals surface area contributed by atoms with Crippen molar-refractivity contribution in [2.75, 3.05) is 7.11 Å². The normalized spacial score (nSPS) is 11.2. The zero-order chi connectivity index (χ0) is 20.0. The van der Waals surface area contributed by atoms with Gasteiger partial charge in [0.15, 0.2) is 11.3 Å². The van der Waals surface area contributed by atoms with E-state index in [0.717, 1.165) is 0 Å². The van der Waals surface area contributed by atoms with Gasteiger partial charge in [-0.2, -0.15) is 0 Å². The van der Waals surface area contributed by atoms with E-state index in [2.05, 4.69) is 0 Å². The van der Waals surface area contributed by atoms with Crippen molar-refractivity contribution in [3.05, 3.63) is 57.9 Å². The molecule has 4 rings (SSSR count). The number of methoxy groups -OCH3 is 1. The van der Waals surface area contributed by atoms with E-state index in [1.165, 1.54) is 12.1 Å². The quantitative estimate of drug-likeness (QED) is 0.517. The number of carboxylic acid groups (broad SMARTS) is 1. The van der Waals surface area contributed by atoms with Gasteiger partial charge in [0.25, 0.3) is 0 Å². The van der Waals surface area contributed by atoms with Gasteiger partial charge in [0.05, 0.1) is 18.9 Å². The maximum absolute atomic E-state index is 11.9. The summed E-state index contributed by atoms with van der Waals surface area (Å²) >= 11 is 0. The van der Waals surface area contributed by atoms with Gasteiger partial charge in [0.1, 0.15) is 17.1 Å². The molecule has 0 atom stereocenters. The number of carboxylic acids is 1. The predicted molar refractivity (Wildman–Crippen MR) is 102 cm³/mol. The molecule has 4 aromatic rings. The van der Waals surface area contributed by atoms with Gasteiger partial charge in [-0.15, -0.1) is 0 Å². The van der Waals surface area contributed by atoms with Crippen LogP contribution in [0.2, 0.25) is 0 Å². The molecule has 28 heavy (non-hydrogen) atoms. The Morgan fingerprint density at radius 2 is 1.82 bits per heavy atom. The second-order valence-electron chi connectivity index (χ2n) is 6.43. The van der Waals surface area contributed by atoms with Crippen LogP contribution in [-0.4, -0.2) is 23.3 Å². The highest BCUT2D eigenvalue weighted by Gasteiger charge is 2.24. The molecule has 0 spiro atoms. The molecule has 0 saturated carbocycles. The number of aromatic hydroxyl groups is 1. The van der Waals surface area contributed by atoms with Gasteiger partial charge in [-0.1, -0.05) is 0 Å². The van der Waals surface area contributed by atoms with Gasteiger partial charge < -0.3 is 23.8 Å². The summed E-state index contributed by atoms with van der Waals surface area (Å²) in [4.78, 5) is 23.5. The molecule has 0 radical (unpaired) electrons. The zero-order valence-electron chi connectivity index (χ0n) is 15.1. The molecule has 0 fully saturated rings. The molecule has 2 aromatic heterocycles. The number of rotatable bonds is 4. The van der Waals surface area contributed by atoms with Crippen LogP contribution in [-0.2, 0) is 11.2 Å². The van der Waals surface area contributed by atoms with Gasteiger partial charge in [-0.05, 0) is 42.8 Å². The van der Waals surface area contributed by atoms with Crippen LogP contribution in [0.1, 0.15) is 11.1 Å². The average molecular weight is 380 g/mol. The minimum Gasteiger partial charge on any atom is -0.504 e. The summed E-state index contributed by atoms with van der Waals surface area (Å²) in [5, 5.41) is 20.7. The molecule has 142 valence electrons. The number of hydrogen-bond donors (Lipinski definition) is 2. The van der Waals surface area contributed by atoms with Gasteiger partial charge >= 0.3 is 11.6 Å². The summed E-state index contributed by atoms with van der Waals surface area (Å²) in [6, 6.07) is 9.65. The Balaban J connectivity index is 2.13. The summed E-state index contributed by atoms with van der Waals surface area (Å²) < 4.78 is 16.4. The molecule has 2 N–H and O–H groups in total. The highest BCUT2D eigenvalue weighted by molar-refractivity contribution is 6.10. The minimum absolute atomic E-state index is 0.0725. The van der Waals surface area contributed by atoms with Crippen LogP contribution in [0.25, 0.3) is 33.3 Å². The topological polar surface area (TPSA) is 110 Å². The zero-order valence-corrected chi connectivity index (χ0v) is 15.1. The molecule has 0 bridgehead atoms. The van der Waals surface area contributed by atoms with Crippen molar-refractivity contribution in [3.8, 4) is 22.8 Å². The van der Waals surface area contributed by atoms with Crippen LogP contribution in [0.15, 0.2) is 50.0 Å². The Hall–Kier alpha value is -3.74. The van der Waals surface area contributed by atoms with Crippen LogP contribution < -0.4 is 10.4 Å². The molecular weight excluding hydrogens is 364 g/mol. The van der Waals surface area contributed by atoms with E-state index in [-0.39, 0.29) is 34.5 Å². The van der Waals surface area contributed by atoms with E-state index in [1.807, 2.05) is 0 Å². The number of ether oxygens (including phenoxy) is 1. The summed E-state index contributed by atoms with van der Waals surface area (Å²) in [5.41, 5.74) is 1.24. The van der Waals surface area contributed by atoms with E-state index in [4.69, 9.17) is 13.6 Å². The third kappa shape index (κ3) is 2.77. The van der Waals surface area contributed by atoms with E-state index in [1.54, 1.807) is 38.3 Å². The summed E-state index contributed by atoms with van der Waals surface area (Å²) in [5.74, 6) is -0.323. The van der Waals surface area contributed by atoms with Crippen molar-refractivity contribution in [2.24, 2.45) is 0 Å². The van der Waals surface area contributed by atoms with E-state index >= 15 is 0 Å². The highest BCUT2D eigenvalue weighted by Crippen LogP contribution is 2.42. The third-order valence-corrected chi connectivity index (χ3v) is 4.63. The number of fused-ring (bicyclic) bond motifs is 3. The van der Waals surface area contributed by atoms with Crippen LogP contribution in [0.5, 0.6) is 11.5 Å². The molecule has 7 heteroatoms. The van der Waals surface area contributed by atoms with Gasteiger partial charge in [0.2, 0.25) is 0 Å². The molecule has 0 aliphatic carbocycles. The number of hydrogen-bond acceptors (Lipinski definition) is 6. The number of aryl methyl sites for hydroxylation is 1. The molecule has 0 amide bonds. The molecule has 0 aliphatic rings. The molecule has 0 saturated heterocycles. The van der Waals surface area contributed by atoms with E-state index in [0.29, 0.717) is 27.8 Å². The Morgan fingerprint density at radius 3 is 2.46 bits per heavy atom. The maximum Gasteiger partial charge on any atom is 0.336 e. The Kier molecular flexibility index (Phi) is 4.07. The van der Waals surface area contributed by atoms with E-state index in [9.17, 15) is 19.8 Å². The van der Waals surface area contributed by atoms with Crippen LogP contribution >= 0.6 is 0 Å². The molecule has 0 unspecified atom stereocenters. The lowest BCUT2D eigenvalue weighted by Gasteiger charge is -2.05. The van der Waals surface area contributed by atoms with Crippen molar-refractivity contribution in [3.63, 3.8) is 0 Å². The van der Waals surface area contributed by atoms with Crippen molar-refractivity contribution >= 4 is 27.9 Å². The van der Waals surface area contributed by atoms with Gasteiger partial charge in [-0.25, -0.2) is 4.79 Å². The first-order chi connectivity index (χ1) is 13.4. The van der Waals surface area contributed by atoms with Gasteiger partial charge in [-0.3, -0.25) is 4.79 Å². The van der Waals surface area contributed by atoms with E-state index < -0.39 is 11.6 Å². The fraction of sp³-hybridized carbons (Fsp3) is 0.143. The van der Waals surface area contributed by atoms with Crippen molar-refractivity contribution in [1.29, 1.82) is 0 Å². The first-order valence-corrected chi connectivity index (χ1v) is 8.47. The van der Waals surface area contributed by atoms with Crippen LogP contribution in [0.4, 0.5) is 0 Å². The molecule has 2 aromatic carbocycles. The summed E-state index contributed by atoms with van der Waals surface area (Å²) in [6.45, 7) is 1.71. The lowest BCUT2D eigenvalue weighted by atomic mass is 10.00. The molecular formula is C21H16O7. The number of phenolic OH excluding ortho intramolecular Hbond substituents is 1. The standard InChI is InChI=1S/C21H16O7/c1-10-7-17(25)27-20-13(10)8-15(22)21-18(20)14(9-16(23)24)19(28-21)11-3-5-12(26-2)6-4-11/h3-8,22H,9H2,1-2H3,(H,23,24). The molecule has 2 heterocycles. The number of phenols is 1. The largest absolute Gasteiger partial charge is 0.504 e. The Bertz CT molecular complexity index is 1280. The van der Waals surface area contributed by atoms with Gasteiger partial charge in [0, 0.05) is 22.6 Å². The lowest BCUT2D eigenvalue weighted by molar-refractivity contribution is -0.136. The molecule has 7 nitrogen and oxygen atoms in total. The van der Waals surface area contributed by atoms with Crippen LogP contribution in [0.3, 0.4) is 0 Å². The first-order valence-electron chi connectivity index (χ1n) is 8.47. The van der Waals surface area contributed by atoms with Crippen molar-refractivity contribution < 1.29 is 28.6 Å². The SMILES string of the molecule is COc1ccc(-c2oc3c(O)cc4c(C)cc(=O)oc4c3c2CC(=O)O)cc1. The lowest BCUT2D eigenvalue weighted by Crippen LogP contribution is -2.02. The minimum atomic E-state index is -1.08. The third-order valence-electron chi connectivity index (χ3n) is 4.63. The van der Waals surface area contributed by atoms with Crippen molar-refractivity contribution in [2.45, 2.75) is 13.3 Å². The number of carbonyl (C=O) groups is 1. The highest BCUT2D eigenvalue weighted by atomic mass is 16.5. The summed E-state index contributed by atoms with van der Waals surface area (Å²) in [7, 11) is 1.54. The maximum atomic E-state index is 11.9. The second kappa shape index (κ2) is 6.45. The van der Waals surface area contributed by atoms with Crippen LogP contribution in [0, 0.1) is 6.92 Å². The smallest absolute Gasteiger partial charge is 0.336 e. The van der Waals surface area contributed by atoms with Crippen molar-refractivity contribution in [1.82, 2.24) is 0 Å². The second-order valence-corrected chi connectivity index (χ2v) is 6.43. The monoisotopic (exact) mass is 380 g/mol. The predicted octanol–water partition coefficient (Wildman–Crippen LogP) is 3.86. The number of aliphatic carboxylic acids is 1. The fourth-order valence-corrected chi connectivity index (χ4v) is 3.37. The number of benzene rings is 2. The Morgan fingerprint density at radius 1 is 1.11 bits per heavy atom. The molecule has 0 aliphatic heterocycles. The average Bonchev–Trinajstić information content (AvgIpc) is 3.02. The fourth-order valence-electron chi connectivity index (χ4n) is 3.37.